The minimum absolute atomic E-state index is 0.337. The molecule has 0 spiro atoms. The van der Waals surface area contributed by atoms with Crippen LogP contribution in [0.15, 0.2) is 21.7 Å². The Bertz CT molecular complexity index is 327. The Morgan fingerprint density at radius 3 is 2.83 bits per heavy atom. The van der Waals surface area contributed by atoms with E-state index in [-0.39, 0.29) is 5.82 Å². The molecule has 0 saturated heterocycles. The number of benzene rings is 1. The van der Waals surface area contributed by atoms with E-state index >= 15 is 0 Å². The third-order valence-corrected chi connectivity index (χ3v) is 3.54. The van der Waals surface area contributed by atoms with Gasteiger partial charge in [-0.3, -0.25) is 0 Å². The monoisotopic (exact) mass is 342 g/mol. The van der Waals surface area contributed by atoms with Crippen molar-refractivity contribution in [2.24, 2.45) is 10.9 Å². The van der Waals surface area contributed by atoms with E-state index in [0.717, 1.165) is 8.04 Å². The molecule has 0 aliphatic heterocycles. The second-order valence-electron chi connectivity index (χ2n) is 2.07. The molecule has 0 amide bonds. The Balaban J connectivity index is 3.23. The van der Waals surface area contributed by atoms with Crippen molar-refractivity contribution in [1.82, 2.24) is 0 Å². The van der Waals surface area contributed by atoms with Gasteiger partial charge >= 0.3 is 0 Å². The van der Waals surface area contributed by atoms with Crippen LogP contribution < -0.4 is 5.84 Å². The SMILES string of the molecule is NN=Cc1cc(I)c(Br)cc1F. The van der Waals surface area contributed by atoms with Crippen molar-refractivity contribution in [3.8, 4) is 0 Å². The summed E-state index contributed by atoms with van der Waals surface area (Å²) in [6.07, 6.45) is 1.28. The van der Waals surface area contributed by atoms with E-state index in [9.17, 15) is 4.39 Å². The van der Waals surface area contributed by atoms with Crippen LogP contribution in [0.4, 0.5) is 4.39 Å². The summed E-state index contributed by atoms with van der Waals surface area (Å²) >= 11 is 5.30. The Hall–Kier alpha value is -0.170. The normalized spacial score (nSPS) is 10.9. The molecule has 0 heterocycles. The molecule has 5 heteroatoms. The molecule has 0 aliphatic carbocycles. The first-order valence-corrected chi connectivity index (χ1v) is 4.90. The average Bonchev–Trinajstić information content (AvgIpc) is 2.01. The van der Waals surface area contributed by atoms with Gasteiger partial charge in [-0.15, -0.1) is 0 Å². The van der Waals surface area contributed by atoms with Crippen LogP contribution in [0.2, 0.25) is 0 Å². The Labute approximate surface area is 91.3 Å². The number of halogens is 3. The molecule has 0 atom stereocenters. The second kappa shape index (κ2) is 4.18. The summed E-state index contributed by atoms with van der Waals surface area (Å²) in [6.45, 7) is 0. The summed E-state index contributed by atoms with van der Waals surface area (Å²) in [5.41, 5.74) is 0.394. The number of hydrogen-bond donors (Lipinski definition) is 1. The summed E-state index contributed by atoms with van der Waals surface area (Å²) in [7, 11) is 0. The zero-order valence-electron chi connectivity index (χ0n) is 5.89. The second-order valence-corrected chi connectivity index (χ2v) is 4.08. The predicted octanol–water partition coefficient (Wildman–Crippen LogP) is 2.49. The van der Waals surface area contributed by atoms with Gasteiger partial charge in [-0.2, -0.15) is 5.10 Å². The van der Waals surface area contributed by atoms with E-state index < -0.39 is 0 Å². The summed E-state index contributed by atoms with van der Waals surface area (Å²) in [6, 6.07) is 3.05. The quantitative estimate of drug-likeness (QED) is 0.275. The van der Waals surface area contributed by atoms with E-state index in [4.69, 9.17) is 5.84 Å². The molecule has 12 heavy (non-hydrogen) atoms. The molecule has 0 radical (unpaired) electrons. The van der Waals surface area contributed by atoms with Gasteiger partial charge in [0, 0.05) is 13.6 Å². The molecule has 1 aromatic carbocycles. The molecule has 0 unspecified atom stereocenters. The van der Waals surface area contributed by atoms with Crippen molar-refractivity contribution in [3.63, 3.8) is 0 Å². The van der Waals surface area contributed by atoms with Gasteiger partial charge in [0.1, 0.15) is 5.82 Å². The van der Waals surface area contributed by atoms with Gasteiger partial charge in [0.15, 0.2) is 0 Å². The number of rotatable bonds is 1. The lowest BCUT2D eigenvalue weighted by Crippen LogP contribution is -1.92. The molecule has 0 aliphatic rings. The fourth-order valence-corrected chi connectivity index (χ4v) is 1.52. The number of nitrogens with two attached hydrogens (primary N) is 1. The van der Waals surface area contributed by atoms with Crippen LogP contribution in [0, 0.1) is 9.39 Å². The lowest BCUT2D eigenvalue weighted by molar-refractivity contribution is 0.624. The van der Waals surface area contributed by atoms with Crippen LogP contribution in [-0.2, 0) is 0 Å². The van der Waals surface area contributed by atoms with Gasteiger partial charge in [0.05, 0.1) is 6.21 Å². The minimum atomic E-state index is -0.337. The highest BCUT2D eigenvalue weighted by atomic mass is 127. The van der Waals surface area contributed by atoms with E-state index in [0.29, 0.717) is 5.56 Å². The number of hydrogen-bond acceptors (Lipinski definition) is 2. The summed E-state index contributed by atoms with van der Waals surface area (Å²) in [5, 5.41) is 3.25. The van der Waals surface area contributed by atoms with Gasteiger partial charge in [-0.05, 0) is 50.7 Å². The van der Waals surface area contributed by atoms with Gasteiger partial charge in [-0.1, -0.05) is 0 Å². The van der Waals surface area contributed by atoms with Crippen LogP contribution in [0.25, 0.3) is 0 Å². The third kappa shape index (κ3) is 2.16. The maximum absolute atomic E-state index is 13.0. The minimum Gasteiger partial charge on any atom is -0.323 e. The molecule has 64 valence electrons. The van der Waals surface area contributed by atoms with Crippen molar-refractivity contribution in [1.29, 1.82) is 0 Å². The lowest BCUT2D eigenvalue weighted by Gasteiger charge is -1.99. The van der Waals surface area contributed by atoms with Gasteiger partial charge in [0.25, 0.3) is 0 Å². The van der Waals surface area contributed by atoms with Gasteiger partial charge in [0.2, 0.25) is 0 Å². The fraction of sp³-hybridized carbons (Fsp3) is 0. The highest BCUT2D eigenvalue weighted by Crippen LogP contribution is 2.21. The third-order valence-electron chi connectivity index (χ3n) is 1.25. The zero-order valence-corrected chi connectivity index (χ0v) is 9.63. The molecule has 1 aromatic rings. The zero-order chi connectivity index (χ0) is 9.14. The van der Waals surface area contributed by atoms with Crippen molar-refractivity contribution >= 4 is 44.7 Å². The molecular weight excluding hydrogens is 338 g/mol. The first-order valence-electron chi connectivity index (χ1n) is 3.03. The molecule has 0 aromatic heterocycles. The standard InChI is InChI=1S/C7H5BrFIN2/c8-5-2-6(9)4(3-12-11)1-7(5)10/h1-3H,11H2. The van der Waals surface area contributed by atoms with Gasteiger partial charge in [-0.25, -0.2) is 4.39 Å². The van der Waals surface area contributed by atoms with Crippen molar-refractivity contribution in [2.75, 3.05) is 0 Å². The Morgan fingerprint density at radius 1 is 1.58 bits per heavy atom. The summed E-state index contributed by atoms with van der Waals surface area (Å²) in [5.74, 6) is 4.57. The van der Waals surface area contributed by atoms with E-state index in [1.165, 1.54) is 12.3 Å². The van der Waals surface area contributed by atoms with Crippen LogP contribution in [-0.4, -0.2) is 6.21 Å². The first-order chi connectivity index (χ1) is 5.65. The van der Waals surface area contributed by atoms with Crippen LogP contribution >= 0.6 is 38.5 Å². The predicted molar refractivity (Wildman–Crippen MR) is 58.6 cm³/mol. The topological polar surface area (TPSA) is 38.4 Å². The highest BCUT2D eigenvalue weighted by Gasteiger charge is 2.03. The molecule has 0 fully saturated rings. The van der Waals surface area contributed by atoms with Crippen LogP contribution in [0.1, 0.15) is 5.56 Å². The molecule has 1 rings (SSSR count). The average molecular weight is 343 g/mol. The summed E-state index contributed by atoms with van der Waals surface area (Å²) in [4.78, 5) is 0. The van der Waals surface area contributed by atoms with Crippen molar-refractivity contribution in [2.45, 2.75) is 0 Å². The lowest BCUT2D eigenvalue weighted by atomic mass is 10.2. The van der Waals surface area contributed by atoms with E-state index in [2.05, 4.69) is 43.6 Å². The molecule has 2 N–H and O–H groups in total. The molecule has 0 bridgehead atoms. The molecular formula is C7H5BrFIN2. The molecule has 0 saturated carbocycles. The van der Waals surface area contributed by atoms with Crippen LogP contribution in [0.5, 0.6) is 0 Å². The highest BCUT2D eigenvalue weighted by molar-refractivity contribution is 14.1. The fourth-order valence-electron chi connectivity index (χ4n) is 0.717. The van der Waals surface area contributed by atoms with Crippen molar-refractivity contribution < 1.29 is 4.39 Å². The van der Waals surface area contributed by atoms with Crippen molar-refractivity contribution in [3.05, 3.63) is 31.6 Å². The Morgan fingerprint density at radius 2 is 2.25 bits per heavy atom. The van der Waals surface area contributed by atoms with Crippen LogP contribution in [0.3, 0.4) is 0 Å². The smallest absolute Gasteiger partial charge is 0.133 e. The number of nitrogens with zero attached hydrogens (tertiary/aromatic N) is 1. The Kier molecular flexibility index (Phi) is 3.45. The maximum Gasteiger partial charge on any atom is 0.133 e. The molecule has 2 nitrogen and oxygen atoms in total. The largest absolute Gasteiger partial charge is 0.323 e. The summed E-state index contributed by atoms with van der Waals surface area (Å²) < 4.78 is 14.7. The first kappa shape index (κ1) is 9.91. The maximum atomic E-state index is 13.0. The van der Waals surface area contributed by atoms with Gasteiger partial charge < -0.3 is 5.84 Å². The van der Waals surface area contributed by atoms with E-state index in [1.807, 2.05) is 0 Å². The van der Waals surface area contributed by atoms with E-state index in [1.54, 1.807) is 6.07 Å². The number of hydrazone groups is 1.